The molecule has 2 heterocycles. The summed E-state index contributed by atoms with van der Waals surface area (Å²) >= 11 is 0. The number of fused-ring (bicyclic) bond motifs is 1. The van der Waals surface area contributed by atoms with E-state index in [-0.39, 0.29) is 17.6 Å². The SMILES string of the molecule is COc1cccc(NC(=O)N2CCC(n3cnc4cc(F)ccc4c3=O)CC2)c1. The number of amides is 2. The fourth-order valence-electron chi connectivity index (χ4n) is 3.62. The lowest BCUT2D eigenvalue weighted by Crippen LogP contribution is -2.42. The zero-order valence-electron chi connectivity index (χ0n) is 16.0. The molecule has 1 fully saturated rings. The van der Waals surface area contributed by atoms with Crippen molar-refractivity contribution in [1.29, 1.82) is 0 Å². The van der Waals surface area contributed by atoms with Crippen LogP contribution in [0.2, 0.25) is 0 Å². The van der Waals surface area contributed by atoms with Crippen molar-refractivity contribution in [2.75, 3.05) is 25.5 Å². The molecule has 8 heteroatoms. The molecule has 1 saturated heterocycles. The van der Waals surface area contributed by atoms with Crippen molar-refractivity contribution in [3.8, 4) is 5.75 Å². The normalized spacial score (nSPS) is 14.8. The van der Waals surface area contributed by atoms with Crippen LogP contribution in [-0.4, -0.2) is 40.7 Å². The van der Waals surface area contributed by atoms with Gasteiger partial charge in [0.15, 0.2) is 0 Å². The molecule has 7 nitrogen and oxygen atoms in total. The molecule has 1 aromatic heterocycles. The first kappa shape index (κ1) is 18.9. The van der Waals surface area contributed by atoms with Gasteiger partial charge in [0.2, 0.25) is 0 Å². The highest BCUT2D eigenvalue weighted by atomic mass is 19.1. The Balaban J connectivity index is 1.43. The van der Waals surface area contributed by atoms with Crippen LogP contribution < -0.4 is 15.6 Å². The number of urea groups is 1. The highest BCUT2D eigenvalue weighted by molar-refractivity contribution is 5.89. The molecule has 0 bridgehead atoms. The van der Waals surface area contributed by atoms with Crippen LogP contribution in [0.1, 0.15) is 18.9 Å². The fourth-order valence-corrected chi connectivity index (χ4v) is 3.62. The summed E-state index contributed by atoms with van der Waals surface area (Å²) < 4.78 is 20.1. The Labute approximate surface area is 166 Å². The minimum atomic E-state index is -0.419. The molecule has 1 N–H and O–H groups in total. The largest absolute Gasteiger partial charge is 0.497 e. The van der Waals surface area contributed by atoms with Gasteiger partial charge in [-0.25, -0.2) is 14.2 Å². The lowest BCUT2D eigenvalue weighted by atomic mass is 10.0. The van der Waals surface area contributed by atoms with Crippen molar-refractivity contribution in [3.05, 3.63) is 65.0 Å². The quantitative estimate of drug-likeness (QED) is 0.736. The number of aromatic nitrogens is 2. The number of carbonyl (C=O) groups is 1. The van der Waals surface area contributed by atoms with Gasteiger partial charge in [0.05, 0.1) is 24.3 Å². The summed E-state index contributed by atoms with van der Waals surface area (Å²) in [6.07, 6.45) is 2.75. The molecule has 2 aromatic carbocycles. The molecule has 4 rings (SSSR count). The van der Waals surface area contributed by atoms with Gasteiger partial charge >= 0.3 is 6.03 Å². The number of likely N-dealkylation sites (tertiary alicyclic amines) is 1. The number of benzene rings is 2. The van der Waals surface area contributed by atoms with Gasteiger partial charge in [-0.2, -0.15) is 0 Å². The van der Waals surface area contributed by atoms with E-state index in [0.717, 1.165) is 0 Å². The number of nitrogens with zero attached hydrogens (tertiary/aromatic N) is 3. The Morgan fingerprint density at radius 2 is 2.00 bits per heavy atom. The zero-order chi connectivity index (χ0) is 20.4. The van der Waals surface area contributed by atoms with Crippen LogP contribution in [0.4, 0.5) is 14.9 Å². The predicted molar refractivity (Wildman–Crippen MR) is 108 cm³/mol. The number of anilines is 1. The first-order valence-electron chi connectivity index (χ1n) is 9.41. The van der Waals surface area contributed by atoms with Crippen molar-refractivity contribution in [2.45, 2.75) is 18.9 Å². The molecule has 150 valence electrons. The smallest absolute Gasteiger partial charge is 0.321 e. The Bertz CT molecular complexity index is 1110. The Morgan fingerprint density at radius 1 is 1.21 bits per heavy atom. The summed E-state index contributed by atoms with van der Waals surface area (Å²) in [6.45, 7) is 1.04. The van der Waals surface area contributed by atoms with Gasteiger partial charge in [-0.1, -0.05) is 6.07 Å². The average molecular weight is 396 g/mol. The second-order valence-corrected chi connectivity index (χ2v) is 7.00. The van der Waals surface area contributed by atoms with Gasteiger partial charge in [-0.15, -0.1) is 0 Å². The van der Waals surface area contributed by atoms with Crippen LogP contribution in [0.3, 0.4) is 0 Å². The van der Waals surface area contributed by atoms with Crippen molar-refractivity contribution >= 4 is 22.6 Å². The summed E-state index contributed by atoms with van der Waals surface area (Å²) in [5, 5.41) is 3.27. The third kappa shape index (κ3) is 3.91. The number of hydrogen-bond acceptors (Lipinski definition) is 4. The lowest BCUT2D eigenvalue weighted by molar-refractivity contribution is 0.182. The van der Waals surface area contributed by atoms with Crippen molar-refractivity contribution in [2.24, 2.45) is 0 Å². The maximum Gasteiger partial charge on any atom is 0.321 e. The van der Waals surface area contributed by atoms with Crippen LogP contribution in [0.25, 0.3) is 10.9 Å². The standard InChI is InChI=1S/C21H21FN4O3/c1-29-17-4-2-3-15(12-17)24-21(28)25-9-7-16(8-10-25)26-13-23-19-11-14(22)5-6-18(19)20(26)27/h2-6,11-13,16H,7-10H2,1H3,(H,24,28). The Kier molecular flexibility index (Phi) is 5.16. The van der Waals surface area contributed by atoms with E-state index in [9.17, 15) is 14.0 Å². The van der Waals surface area contributed by atoms with E-state index in [4.69, 9.17) is 4.74 Å². The lowest BCUT2D eigenvalue weighted by Gasteiger charge is -2.32. The van der Waals surface area contributed by atoms with Gasteiger partial charge in [0.25, 0.3) is 5.56 Å². The monoisotopic (exact) mass is 396 g/mol. The maximum atomic E-state index is 13.3. The molecule has 0 radical (unpaired) electrons. The summed E-state index contributed by atoms with van der Waals surface area (Å²) in [5.74, 6) is 0.252. The summed E-state index contributed by atoms with van der Waals surface area (Å²) in [4.78, 5) is 31.2. The zero-order valence-corrected chi connectivity index (χ0v) is 16.0. The number of nitrogens with one attached hydrogen (secondary N) is 1. The molecule has 2 amide bonds. The third-order valence-corrected chi connectivity index (χ3v) is 5.21. The summed E-state index contributed by atoms with van der Waals surface area (Å²) in [6, 6.07) is 10.9. The number of halogens is 1. The number of hydrogen-bond donors (Lipinski definition) is 1. The van der Waals surface area contributed by atoms with Gasteiger partial charge in [-0.05, 0) is 37.1 Å². The van der Waals surface area contributed by atoms with Gasteiger partial charge in [0.1, 0.15) is 11.6 Å². The Hall–Kier alpha value is -3.42. The van der Waals surface area contributed by atoms with Crippen LogP contribution in [0.15, 0.2) is 53.6 Å². The fraction of sp³-hybridized carbons (Fsp3) is 0.286. The highest BCUT2D eigenvalue weighted by Gasteiger charge is 2.25. The van der Waals surface area contributed by atoms with Crippen LogP contribution in [0, 0.1) is 5.82 Å². The first-order chi connectivity index (χ1) is 14.0. The molecule has 3 aromatic rings. The number of ether oxygens (including phenoxy) is 1. The molecule has 0 aliphatic carbocycles. The molecular formula is C21H21FN4O3. The maximum absolute atomic E-state index is 13.3. The van der Waals surface area contributed by atoms with Crippen LogP contribution in [0.5, 0.6) is 5.75 Å². The van der Waals surface area contributed by atoms with Gasteiger partial charge in [0, 0.05) is 37.0 Å². The van der Waals surface area contributed by atoms with E-state index in [0.29, 0.717) is 48.3 Å². The molecule has 0 atom stereocenters. The second-order valence-electron chi connectivity index (χ2n) is 7.00. The van der Waals surface area contributed by atoms with E-state index in [1.54, 1.807) is 28.7 Å². The number of methoxy groups -OCH3 is 1. The van der Waals surface area contributed by atoms with Gasteiger partial charge < -0.3 is 15.0 Å². The highest BCUT2D eigenvalue weighted by Crippen LogP contribution is 2.23. The summed E-state index contributed by atoms with van der Waals surface area (Å²) in [7, 11) is 1.58. The van der Waals surface area contributed by atoms with Crippen molar-refractivity contribution in [3.63, 3.8) is 0 Å². The number of carbonyl (C=O) groups excluding carboxylic acids is 1. The van der Waals surface area contributed by atoms with E-state index < -0.39 is 5.82 Å². The number of rotatable bonds is 3. The molecular weight excluding hydrogens is 375 g/mol. The van der Waals surface area contributed by atoms with E-state index in [1.807, 2.05) is 12.1 Å². The van der Waals surface area contributed by atoms with Crippen LogP contribution >= 0.6 is 0 Å². The van der Waals surface area contributed by atoms with E-state index in [1.165, 1.54) is 24.5 Å². The molecule has 1 aliphatic rings. The minimum Gasteiger partial charge on any atom is -0.497 e. The Morgan fingerprint density at radius 3 is 2.76 bits per heavy atom. The van der Waals surface area contributed by atoms with Gasteiger partial charge in [-0.3, -0.25) is 9.36 Å². The molecule has 29 heavy (non-hydrogen) atoms. The average Bonchev–Trinajstić information content (AvgIpc) is 2.74. The molecule has 0 spiro atoms. The molecule has 0 saturated carbocycles. The second kappa shape index (κ2) is 7.90. The predicted octanol–water partition coefficient (Wildman–Crippen LogP) is 3.41. The van der Waals surface area contributed by atoms with E-state index in [2.05, 4.69) is 10.3 Å². The van der Waals surface area contributed by atoms with Crippen molar-refractivity contribution < 1.29 is 13.9 Å². The number of piperidine rings is 1. The third-order valence-electron chi connectivity index (χ3n) is 5.21. The minimum absolute atomic E-state index is 0.0506. The molecule has 0 unspecified atom stereocenters. The van der Waals surface area contributed by atoms with Crippen molar-refractivity contribution in [1.82, 2.24) is 14.5 Å². The molecule has 1 aliphatic heterocycles. The first-order valence-corrected chi connectivity index (χ1v) is 9.41. The van der Waals surface area contributed by atoms with Crippen LogP contribution in [-0.2, 0) is 0 Å². The topological polar surface area (TPSA) is 76.5 Å². The summed E-state index contributed by atoms with van der Waals surface area (Å²) in [5.41, 5.74) is 0.828. The van der Waals surface area contributed by atoms with E-state index >= 15 is 0 Å².